The minimum atomic E-state index is -0.974. The molecule has 0 saturated heterocycles. The smallest absolute Gasteiger partial charge is 0.165 e. The number of allylic oxidation sites excluding steroid dienone is 2. The maximum atomic E-state index is 8.59. The summed E-state index contributed by atoms with van der Waals surface area (Å²) in [6, 6.07) is 6.90. The second kappa shape index (κ2) is 8.02. The fourth-order valence-corrected chi connectivity index (χ4v) is 0.656. The summed E-state index contributed by atoms with van der Waals surface area (Å²) in [5.74, 6) is 0. The Balaban J connectivity index is 4.43. The Bertz CT molecular complexity index is 371. The predicted octanol–water partition coefficient (Wildman–Crippen LogP) is 0.947. The number of ether oxygens (including phenoxy) is 1. The normalized spacial score (nSPS) is 13.6. The van der Waals surface area contributed by atoms with Gasteiger partial charge in [0.15, 0.2) is 12.2 Å². The second-order valence-corrected chi connectivity index (χ2v) is 2.21. The van der Waals surface area contributed by atoms with Crippen LogP contribution in [0.4, 0.5) is 0 Å². The van der Waals surface area contributed by atoms with Crippen LogP contribution in [0, 0.1) is 45.3 Å². The number of hydrogen-bond acceptors (Lipinski definition) is 5. The highest BCUT2D eigenvalue weighted by Crippen LogP contribution is 2.00. The molecule has 0 aromatic rings. The van der Waals surface area contributed by atoms with Crippen molar-refractivity contribution < 1.29 is 4.74 Å². The zero-order valence-electron chi connectivity index (χ0n) is 7.66. The van der Waals surface area contributed by atoms with E-state index in [0.717, 1.165) is 12.2 Å². The molecule has 0 rings (SSSR count). The Morgan fingerprint density at radius 2 is 1.20 bits per heavy atom. The highest BCUT2D eigenvalue weighted by molar-refractivity contribution is 5.15. The number of nitriles is 4. The van der Waals surface area contributed by atoms with Crippen molar-refractivity contribution in [3.8, 4) is 24.3 Å². The molecule has 5 nitrogen and oxygen atoms in total. The molecular weight excluding hydrogens is 192 g/mol. The van der Waals surface area contributed by atoms with Gasteiger partial charge >= 0.3 is 0 Å². The third kappa shape index (κ3) is 5.61. The molecule has 0 heterocycles. The first-order valence-corrected chi connectivity index (χ1v) is 3.85. The van der Waals surface area contributed by atoms with Gasteiger partial charge in [-0.2, -0.15) is 21.0 Å². The van der Waals surface area contributed by atoms with Gasteiger partial charge < -0.3 is 4.74 Å². The fraction of sp³-hybridized carbons (Fsp3) is 0.200. The highest BCUT2D eigenvalue weighted by atomic mass is 16.5. The van der Waals surface area contributed by atoms with Crippen LogP contribution in [0.1, 0.15) is 0 Å². The predicted molar refractivity (Wildman–Crippen MR) is 49.4 cm³/mol. The lowest BCUT2D eigenvalue weighted by Gasteiger charge is -2.07. The van der Waals surface area contributed by atoms with Crippen molar-refractivity contribution in [1.82, 2.24) is 0 Å². The molecule has 0 amide bonds. The van der Waals surface area contributed by atoms with E-state index in [1.165, 1.54) is 12.2 Å². The van der Waals surface area contributed by atoms with E-state index in [4.69, 9.17) is 25.8 Å². The maximum absolute atomic E-state index is 8.59. The number of rotatable bonds is 4. The third-order valence-corrected chi connectivity index (χ3v) is 1.24. The molecule has 0 N–H and O–H groups in total. The van der Waals surface area contributed by atoms with E-state index < -0.39 is 12.2 Å². The molecule has 5 heteroatoms. The van der Waals surface area contributed by atoms with Gasteiger partial charge in [0.05, 0.1) is 24.3 Å². The van der Waals surface area contributed by atoms with Crippen LogP contribution in [0.15, 0.2) is 24.3 Å². The second-order valence-electron chi connectivity index (χ2n) is 2.21. The molecule has 72 valence electrons. The molecular formula is C10H6N4O. The highest BCUT2D eigenvalue weighted by Gasteiger charge is 2.10. The Morgan fingerprint density at radius 3 is 1.47 bits per heavy atom. The van der Waals surface area contributed by atoms with Gasteiger partial charge in [0.25, 0.3) is 0 Å². The molecule has 0 aromatic carbocycles. The van der Waals surface area contributed by atoms with Crippen molar-refractivity contribution in [1.29, 1.82) is 21.0 Å². The average molecular weight is 198 g/mol. The quantitative estimate of drug-likeness (QED) is 0.625. The lowest BCUT2D eigenvalue weighted by atomic mass is 10.3. The van der Waals surface area contributed by atoms with Gasteiger partial charge in [-0.15, -0.1) is 0 Å². The lowest BCUT2D eigenvalue weighted by molar-refractivity contribution is 0.105. The lowest BCUT2D eigenvalue weighted by Crippen LogP contribution is -2.15. The van der Waals surface area contributed by atoms with Gasteiger partial charge in [-0.1, -0.05) is 0 Å². The van der Waals surface area contributed by atoms with Crippen LogP contribution in [0.25, 0.3) is 0 Å². The molecule has 0 aliphatic heterocycles. The molecule has 0 spiro atoms. The molecule has 2 unspecified atom stereocenters. The van der Waals surface area contributed by atoms with Gasteiger partial charge in [-0.3, -0.25) is 0 Å². The average Bonchev–Trinajstić information content (AvgIpc) is 2.28. The molecule has 0 radical (unpaired) electrons. The Kier molecular flexibility index (Phi) is 6.63. The number of hydrogen-bond donors (Lipinski definition) is 0. The summed E-state index contributed by atoms with van der Waals surface area (Å²) in [5, 5.41) is 33.6. The summed E-state index contributed by atoms with van der Waals surface area (Å²) >= 11 is 0. The van der Waals surface area contributed by atoms with Gasteiger partial charge in [0.1, 0.15) is 0 Å². The topological polar surface area (TPSA) is 104 Å². The molecule has 15 heavy (non-hydrogen) atoms. The van der Waals surface area contributed by atoms with Crippen LogP contribution in [0.3, 0.4) is 0 Å². The van der Waals surface area contributed by atoms with E-state index in [1.54, 1.807) is 24.3 Å². The van der Waals surface area contributed by atoms with Crippen LogP contribution in [0.5, 0.6) is 0 Å². The minimum Gasteiger partial charge on any atom is -0.337 e. The van der Waals surface area contributed by atoms with Gasteiger partial charge in [0.2, 0.25) is 0 Å². The molecule has 0 aromatic heterocycles. The van der Waals surface area contributed by atoms with Gasteiger partial charge in [0, 0.05) is 12.2 Å². The van der Waals surface area contributed by atoms with E-state index in [1.807, 2.05) is 0 Å². The van der Waals surface area contributed by atoms with E-state index in [0.29, 0.717) is 0 Å². The summed E-state index contributed by atoms with van der Waals surface area (Å²) in [6.07, 6.45) is 2.69. The van der Waals surface area contributed by atoms with Crippen molar-refractivity contribution >= 4 is 0 Å². The largest absolute Gasteiger partial charge is 0.337 e. The minimum absolute atomic E-state index is 0.974. The van der Waals surface area contributed by atoms with E-state index in [9.17, 15) is 0 Å². The van der Waals surface area contributed by atoms with Crippen molar-refractivity contribution in [3.63, 3.8) is 0 Å². The van der Waals surface area contributed by atoms with Crippen LogP contribution in [-0.4, -0.2) is 12.2 Å². The molecule has 0 aliphatic rings. The van der Waals surface area contributed by atoms with Crippen LogP contribution < -0.4 is 0 Å². The summed E-state index contributed by atoms with van der Waals surface area (Å²) in [7, 11) is 0. The first kappa shape index (κ1) is 12.4. The van der Waals surface area contributed by atoms with Crippen LogP contribution >= 0.6 is 0 Å². The molecule has 0 fully saturated rings. The van der Waals surface area contributed by atoms with Crippen LogP contribution in [0.2, 0.25) is 0 Å². The fourth-order valence-electron chi connectivity index (χ4n) is 0.656. The van der Waals surface area contributed by atoms with Gasteiger partial charge in [-0.25, -0.2) is 0 Å². The molecule has 0 aliphatic carbocycles. The Morgan fingerprint density at radius 1 is 0.800 bits per heavy atom. The van der Waals surface area contributed by atoms with Crippen molar-refractivity contribution in [2.75, 3.05) is 0 Å². The van der Waals surface area contributed by atoms with Crippen molar-refractivity contribution in [2.45, 2.75) is 12.2 Å². The molecule has 2 atom stereocenters. The summed E-state index contributed by atoms with van der Waals surface area (Å²) < 4.78 is 4.96. The first-order chi connectivity index (χ1) is 7.28. The monoisotopic (exact) mass is 198 g/mol. The zero-order chi connectivity index (χ0) is 11.5. The van der Waals surface area contributed by atoms with Crippen LogP contribution in [-0.2, 0) is 4.74 Å². The van der Waals surface area contributed by atoms with E-state index in [-0.39, 0.29) is 0 Å². The Labute approximate surface area is 87.3 Å². The zero-order valence-corrected chi connectivity index (χ0v) is 7.66. The van der Waals surface area contributed by atoms with Gasteiger partial charge in [-0.05, 0) is 12.2 Å². The SMILES string of the molecule is N#CC=CC(C#N)OC(C#N)C=CC#N. The summed E-state index contributed by atoms with van der Waals surface area (Å²) in [5.41, 5.74) is 0. The van der Waals surface area contributed by atoms with Crippen molar-refractivity contribution in [3.05, 3.63) is 24.3 Å². The van der Waals surface area contributed by atoms with E-state index in [2.05, 4.69) is 0 Å². The first-order valence-electron chi connectivity index (χ1n) is 3.85. The summed E-state index contributed by atoms with van der Waals surface area (Å²) in [6.45, 7) is 0. The van der Waals surface area contributed by atoms with Crippen molar-refractivity contribution in [2.24, 2.45) is 0 Å². The third-order valence-electron chi connectivity index (χ3n) is 1.24. The summed E-state index contributed by atoms with van der Waals surface area (Å²) in [4.78, 5) is 0. The standard InChI is InChI=1S/C10H6N4O/c11-5-1-3-9(7-13)15-10(8-14)4-2-6-12/h1-4,9-10H. The Hall–Kier alpha value is -2.60. The van der Waals surface area contributed by atoms with E-state index >= 15 is 0 Å². The molecule has 0 saturated carbocycles. The number of nitrogens with zero attached hydrogens (tertiary/aromatic N) is 4. The maximum Gasteiger partial charge on any atom is 0.165 e. The molecule has 0 bridgehead atoms.